The summed E-state index contributed by atoms with van der Waals surface area (Å²) in [6, 6.07) is 10.9. The van der Waals surface area contributed by atoms with Gasteiger partial charge in [0, 0.05) is 24.3 Å². The molecule has 178 valence electrons. The van der Waals surface area contributed by atoms with Crippen molar-refractivity contribution < 1.29 is 13.2 Å². The molecule has 1 aromatic carbocycles. The van der Waals surface area contributed by atoms with Gasteiger partial charge in [-0.2, -0.15) is 4.98 Å². The summed E-state index contributed by atoms with van der Waals surface area (Å²) in [5.41, 5.74) is 2.60. The number of fused-ring (bicyclic) bond motifs is 2. The number of para-hydroxylation sites is 2. The highest BCUT2D eigenvalue weighted by Gasteiger charge is 2.27. The van der Waals surface area contributed by atoms with Crippen LogP contribution in [0.5, 0.6) is 0 Å². The molecule has 1 saturated heterocycles. The summed E-state index contributed by atoms with van der Waals surface area (Å²) in [5.74, 6) is 1.16. The zero-order valence-electron chi connectivity index (χ0n) is 18.7. The molecule has 0 bridgehead atoms. The van der Waals surface area contributed by atoms with E-state index in [0.717, 1.165) is 21.6 Å². The van der Waals surface area contributed by atoms with Crippen molar-refractivity contribution in [2.24, 2.45) is 0 Å². The number of imidazole rings is 1. The molecule has 12 heteroatoms. The van der Waals surface area contributed by atoms with Crippen LogP contribution in [0.25, 0.3) is 27.2 Å². The first-order chi connectivity index (χ1) is 17.0. The fraction of sp³-hybridized carbons (Fsp3) is 0.217. The molecule has 4 aromatic heterocycles. The molecule has 1 aliphatic heterocycles. The van der Waals surface area contributed by atoms with Gasteiger partial charge in [-0.25, -0.2) is 18.4 Å². The summed E-state index contributed by atoms with van der Waals surface area (Å²) in [4.78, 5) is 20.4. The fourth-order valence-electron chi connectivity index (χ4n) is 4.14. The smallest absolute Gasteiger partial charge is 0.263 e. The van der Waals surface area contributed by atoms with Gasteiger partial charge in [-0.15, -0.1) is 11.3 Å². The van der Waals surface area contributed by atoms with Crippen LogP contribution >= 0.6 is 11.3 Å². The number of thiophene rings is 1. The molecule has 6 rings (SSSR count). The van der Waals surface area contributed by atoms with E-state index in [1.54, 1.807) is 17.8 Å². The van der Waals surface area contributed by atoms with Crippen LogP contribution < -0.4 is 9.62 Å². The minimum absolute atomic E-state index is 0.0799. The van der Waals surface area contributed by atoms with Gasteiger partial charge < -0.3 is 9.64 Å². The van der Waals surface area contributed by atoms with E-state index in [9.17, 15) is 8.42 Å². The van der Waals surface area contributed by atoms with Crippen molar-refractivity contribution in [3.05, 3.63) is 60.5 Å². The second-order valence-electron chi connectivity index (χ2n) is 8.19. The van der Waals surface area contributed by atoms with Crippen molar-refractivity contribution in [2.75, 3.05) is 29.4 Å². The van der Waals surface area contributed by atoms with E-state index in [-0.39, 0.29) is 10.9 Å². The number of nitrogens with one attached hydrogen (secondary N) is 1. The van der Waals surface area contributed by atoms with Gasteiger partial charge in [0.15, 0.2) is 5.82 Å². The van der Waals surface area contributed by atoms with Gasteiger partial charge in [-0.3, -0.25) is 14.3 Å². The van der Waals surface area contributed by atoms with Crippen molar-refractivity contribution in [3.63, 3.8) is 0 Å². The number of hydrogen-bond donors (Lipinski definition) is 1. The minimum atomic E-state index is -3.84. The quantitative estimate of drug-likeness (QED) is 0.385. The van der Waals surface area contributed by atoms with E-state index >= 15 is 0 Å². The number of pyridine rings is 1. The Morgan fingerprint density at radius 2 is 2.06 bits per heavy atom. The van der Waals surface area contributed by atoms with Gasteiger partial charge in [-0.05, 0) is 31.2 Å². The first kappa shape index (κ1) is 21.9. The van der Waals surface area contributed by atoms with Crippen LogP contribution in [0.3, 0.4) is 0 Å². The van der Waals surface area contributed by atoms with Crippen LogP contribution in [0, 0.1) is 0 Å². The molecule has 35 heavy (non-hydrogen) atoms. The van der Waals surface area contributed by atoms with Gasteiger partial charge in [0.1, 0.15) is 16.7 Å². The Hall–Kier alpha value is -3.61. The number of anilines is 2. The lowest BCUT2D eigenvalue weighted by molar-refractivity contribution is 0.0987. The number of morpholine rings is 1. The number of ether oxygens (including phenoxy) is 1. The summed E-state index contributed by atoms with van der Waals surface area (Å²) in [5, 5.41) is 1.76. The van der Waals surface area contributed by atoms with Crippen molar-refractivity contribution >= 4 is 54.1 Å². The van der Waals surface area contributed by atoms with E-state index in [0.29, 0.717) is 36.9 Å². The number of aromatic nitrogens is 5. The molecule has 0 radical (unpaired) electrons. The molecule has 0 saturated carbocycles. The molecule has 1 aliphatic rings. The Balaban J connectivity index is 1.53. The highest BCUT2D eigenvalue weighted by atomic mass is 32.2. The number of benzene rings is 1. The van der Waals surface area contributed by atoms with Gasteiger partial charge in [0.05, 0.1) is 40.7 Å². The molecule has 0 unspecified atom stereocenters. The summed E-state index contributed by atoms with van der Waals surface area (Å²) in [6.07, 6.45) is 4.53. The Morgan fingerprint density at radius 3 is 2.89 bits per heavy atom. The van der Waals surface area contributed by atoms with Crippen molar-refractivity contribution in [1.29, 1.82) is 0 Å². The molecule has 5 aromatic rings. The molecule has 5 heterocycles. The Morgan fingerprint density at radius 1 is 1.17 bits per heavy atom. The molecule has 0 aliphatic carbocycles. The van der Waals surface area contributed by atoms with E-state index in [1.807, 2.05) is 28.8 Å². The molecule has 1 N–H and O–H groups in total. The maximum Gasteiger partial charge on any atom is 0.263 e. The highest BCUT2D eigenvalue weighted by Crippen LogP contribution is 2.38. The number of rotatable bonds is 5. The predicted molar refractivity (Wildman–Crippen MR) is 135 cm³/mol. The first-order valence-corrected chi connectivity index (χ1v) is 13.4. The fourth-order valence-corrected chi connectivity index (χ4v) is 6.17. The second-order valence-corrected chi connectivity index (χ2v) is 10.8. The van der Waals surface area contributed by atoms with E-state index in [2.05, 4.69) is 26.5 Å². The van der Waals surface area contributed by atoms with Crippen molar-refractivity contribution in [2.45, 2.75) is 17.9 Å². The average Bonchev–Trinajstić information content (AvgIpc) is 3.49. The van der Waals surface area contributed by atoms with Gasteiger partial charge in [0.25, 0.3) is 10.0 Å². The molecule has 0 spiro atoms. The minimum Gasteiger partial charge on any atom is -0.377 e. The molecule has 1 atom stereocenters. The summed E-state index contributed by atoms with van der Waals surface area (Å²) in [7, 11) is -3.84. The monoisotopic (exact) mass is 507 g/mol. The number of sulfonamides is 1. The Bertz CT molecular complexity index is 1630. The average molecular weight is 508 g/mol. The van der Waals surface area contributed by atoms with E-state index in [1.165, 1.54) is 29.8 Å². The third-order valence-electron chi connectivity index (χ3n) is 5.88. The Labute approximate surface area is 205 Å². The highest BCUT2D eigenvalue weighted by molar-refractivity contribution is 7.92. The van der Waals surface area contributed by atoms with Crippen LogP contribution in [-0.4, -0.2) is 58.7 Å². The third-order valence-corrected chi connectivity index (χ3v) is 8.20. The summed E-state index contributed by atoms with van der Waals surface area (Å²) < 4.78 is 37.0. The lowest BCUT2D eigenvalue weighted by Crippen LogP contribution is -2.44. The molecule has 10 nitrogen and oxygen atoms in total. The summed E-state index contributed by atoms with van der Waals surface area (Å²) >= 11 is 1.41. The van der Waals surface area contributed by atoms with Crippen LogP contribution in [0.2, 0.25) is 0 Å². The van der Waals surface area contributed by atoms with E-state index in [4.69, 9.17) is 14.7 Å². The number of hydrogen-bond acceptors (Lipinski definition) is 9. The number of nitrogens with zero attached hydrogens (tertiary/aromatic N) is 6. The third kappa shape index (κ3) is 3.89. The summed E-state index contributed by atoms with van der Waals surface area (Å²) in [6.45, 7) is 3.93. The molecular weight excluding hydrogens is 486 g/mol. The predicted octanol–water partition coefficient (Wildman–Crippen LogP) is 3.45. The van der Waals surface area contributed by atoms with E-state index < -0.39 is 10.0 Å². The van der Waals surface area contributed by atoms with Crippen LogP contribution in [0.4, 0.5) is 11.5 Å². The molecule has 0 amide bonds. The SMILES string of the molecule is C[C@@H]1COCCN1c1nc(-n2cnc3ccccc32)nc2c(NS(=O)(=O)c3cccnc3)csc12. The van der Waals surface area contributed by atoms with Crippen molar-refractivity contribution in [3.8, 4) is 5.95 Å². The second kappa shape index (κ2) is 8.56. The lowest BCUT2D eigenvalue weighted by Gasteiger charge is -2.34. The van der Waals surface area contributed by atoms with Gasteiger partial charge in [0.2, 0.25) is 5.95 Å². The lowest BCUT2D eigenvalue weighted by atomic mass is 10.2. The topological polar surface area (TPSA) is 115 Å². The maximum absolute atomic E-state index is 13.0. The normalized spacial score (nSPS) is 16.7. The zero-order valence-corrected chi connectivity index (χ0v) is 20.3. The standard InChI is InChI=1S/C23H21N7O3S2/c1-15-12-33-10-9-29(15)22-21-20(18(13-34-21)28-35(31,32)16-5-4-8-24-11-16)26-23(27-22)30-14-25-17-6-2-3-7-19(17)30/h2-8,11,13-15,28H,9-10,12H2,1H3/t15-/m1/s1. The van der Waals surface area contributed by atoms with Gasteiger partial charge >= 0.3 is 0 Å². The molecular formula is C23H21N7O3S2. The zero-order chi connectivity index (χ0) is 24.0. The van der Waals surface area contributed by atoms with Gasteiger partial charge in [-0.1, -0.05) is 12.1 Å². The van der Waals surface area contributed by atoms with Crippen LogP contribution in [0.1, 0.15) is 6.92 Å². The molecule has 1 fully saturated rings. The van der Waals surface area contributed by atoms with Crippen LogP contribution in [-0.2, 0) is 14.8 Å². The maximum atomic E-state index is 13.0. The first-order valence-electron chi connectivity index (χ1n) is 11.0. The largest absolute Gasteiger partial charge is 0.377 e. The van der Waals surface area contributed by atoms with Crippen molar-refractivity contribution in [1.82, 2.24) is 24.5 Å². The Kier molecular flexibility index (Phi) is 5.35. The van der Waals surface area contributed by atoms with Crippen LogP contribution in [0.15, 0.2) is 65.4 Å².